The summed E-state index contributed by atoms with van der Waals surface area (Å²) in [7, 11) is 0. The standard InChI is InChI=1S/C10H14BrN3O/c11-7-4-8(12)9(13-5-7)14-10(6-15)2-1-3-10/h4-5,15H,1-3,6,12H2,(H,13,14). The Bertz CT molecular complexity index is 360. The second-order valence-corrected chi connectivity index (χ2v) is 4.92. The Hall–Kier alpha value is -0.810. The first-order valence-corrected chi connectivity index (χ1v) is 5.75. The summed E-state index contributed by atoms with van der Waals surface area (Å²) in [4.78, 5) is 4.20. The van der Waals surface area contributed by atoms with Crippen LogP contribution in [0.2, 0.25) is 0 Å². The van der Waals surface area contributed by atoms with Gasteiger partial charge < -0.3 is 16.2 Å². The molecule has 0 saturated heterocycles. The fourth-order valence-electron chi connectivity index (χ4n) is 1.74. The van der Waals surface area contributed by atoms with Gasteiger partial charge in [0.1, 0.15) is 5.82 Å². The highest BCUT2D eigenvalue weighted by Crippen LogP contribution is 2.35. The van der Waals surface area contributed by atoms with Crippen molar-refractivity contribution in [2.45, 2.75) is 24.8 Å². The lowest BCUT2D eigenvalue weighted by atomic mass is 9.77. The van der Waals surface area contributed by atoms with E-state index < -0.39 is 0 Å². The quantitative estimate of drug-likeness (QED) is 0.784. The van der Waals surface area contributed by atoms with Crippen LogP contribution in [0.3, 0.4) is 0 Å². The van der Waals surface area contributed by atoms with Gasteiger partial charge >= 0.3 is 0 Å². The summed E-state index contributed by atoms with van der Waals surface area (Å²) in [6.45, 7) is 0.129. The minimum atomic E-state index is -0.199. The van der Waals surface area contributed by atoms with Crippen molar-refractivity contribution in [1.82, 2.24) is 4.98 Å². The molecular formula is C10H14BrN3O. The van der Waals surface area contributed by atoms with Crippen LogP contribution in [-0.2, 0) is 0 Å². The lowest BCUT2D eigenvalue weighted by molar-refractivity contribution is 0.144. The number of aliphatic hydroxyl groups excluding tert-OH is 1. The maximum Gasteiger partial charge on any atom is 0.149 e. The zero-order valence-electron chi connectivity index (χ0n) is 8.33. The Morgan fingerprint density at radius 2 is 2.33 bits per heavy atom. The number of nitrogens with one attached hydrogen (secondary N) is 1. The first-order valence-electron chi connectivity index (χ1n) is 4.95. The maximum absolute atomic E-state index is 9.30. The van der Waals surface area contributed by atoms with Crippen LogP contribution in [0.25, 0.3) is 0 Å². The number of hydrogen-bond acceptors (Lipinski definition) is 4. The molecule has 5 heteroatoms. The van der Waals surface area contributed by atoms with Crippen molar-refractivity contribution in [3.63, 3.8) is 0 Å². The van der Waals surface area contributed by atoms with Crippen molar-refractivity contribution < 1.29 is 5.11 Å². The number of aromatic nitrogens is 1. The number of nitrogens with two attached hydrogens (primary N) is 1. The van der Waals surface area contributed by atoms with Crippen molar-refractivity contribution in [3.8, 4) is 0 Å². The second-order valence-electron chi connectivity index (χ2n) is 4.01. The largest absolute Gasteiger partial charge is 0.396 e. The van der Waals surface area contributed by atoms with E-state index in [0.29, 0.717) is 11.5 Å². The monoisotopic (exact) mass is 271 g/mol. The third-order valence-electron chi connectivity index (χ3n) is 2.88. The van der Waals surface area contributed by atoms with E-state index >= 15 is 0 Å². The van der Waals surface area contributed by atoms with Gasteiger partial charge in [-0.25, -0.2) is 4.98 Å². The first-order chi connectivity index (χ1) is 7.15. The number of halogens is 1. The molecule has 82 valence electrons. The average molecular weight is 272 g/mol. The molecule has 15 heavy (non-hydrogen) atoms. The number of nitrogens with zero attached hydrogens (tertiary/aromatic N) is 1. The number of nitrogen functional groups attached to an aromatic ring is 1. The van der Waals surface area contributed by atoms with Crippen LogP contribution in [-0.4, -0.2) is 22.2 Å². The lowest BCUT2D eigenvalue weighted by Gasteiger charge is -2.41. The predicted octanol–water partition coefficient (Wildman–Crippen LogP) is 1.75. The van der Waals surface area contributed by atoms with Crippen molar-refractivity contribution in [3.05, 3.63) is 16.7 Å². The van der Waals surface area contributed by atoms with Crippen LogP contribution in [0.5, 0.6) is 0 Å². The summed E-state index contributed by atoms with van der Waals surface area (Å²) in [5, 5.41) is 12.5. The number of aliphatic hydroxyl groups is 1. The predicted molar refractivity (Wildman–Crippen MR) is 63.6 cm³/mol. The fourth-order valence-corrected chi connectivity index (χ4v) is 2.09. The third kappa shape index (κ3) is 2.08. The van der Waals surface area contributed by atoms with Gasteiger partial charge in [-0.15, -0.1) is 0 Å². The molecule has 0 aromatic carbocycles. The maximum atomic E-state index is 9.30. The van der Waals surface area contributed by atoms with Crippen LogP contribution in [0, 0.1) is 0 Å². The number of hydrogen-bond donors (Lipinski definition) is 3. The molecule has 1 aliphatic carbocycles. The summed E-state index contributed by atoms with van der Waals surface area (Å²) >= 11 is 3.30. The van der Waals surface area contributed by atoms with Crippen LogP contribution in [0.1, 0.15) is 19.3 Å². The second kappa shape index (κ2) is 3.98. The third-order valence-corrected chi connectivity index (χ3v) is 3.31. The molecule has 1 aliphatic rings. The SMILES string of the molecule is Nc1cc(Br)cnc1NC1(CO)CCC1. The molecule has 4 nitrogen and oxygen atoms in total. The molecule has 1 heterocycles. The number of anilines is 2. The summed E-state index contributed by atoms with van der Waals surface area (Å²) in [5.41, 5.74) is 6.23. The van der Waals surface area contributed by atoms with E-state index in [2.05, 4.69) is 26.2 Å². The van der Waals surface area contributed by atoms with Gasteiger partial charge in [0.15, 0.2) is 0 Å². The van der Waals surface area contributed by atoms with Gasteiger partial charge in [0.2, 0.25) is 0 Å². The smallest absolute Gasteiger partial charge is 0.149 e. The molecule has 2 rings (SSSR count). The van der Waals surface area contributed by atoms with E-state index in [1.807, 2.05) is 0 Å². The summed E-state index contributed by atoms with van der Waals surface area (Å²) < 4.78 is 0.859. The minimum Gasteiger partial charge on any atom is -0.396 e. The molecule has 0 radical (unpaired) electrons. The average Bonchev–Trinajstić information content (AvgIpc) is 2.14. The van der Waals surface area contributed by atoms with Gasteiger partial charge in [-0.1, -0.05) is 0 Å². The highest BCUT2D eigenvalue weighted by atomic mass is 79.9. The Labute approximate surface area is 97.0 Å². The molecular weight excluding hydrogens is 258 g/mol. The van der Waals surface area contributed by atoms with E-state index in [1.54, 1.807) is 12.3 Å². The molecule has 1 aromatic rings. The van der Waals surface area contributed by atoms with Crippen LogP contribution in [0.4, 0.5) is 11.5 Å². The van der Waals surface area contributed by atoms with Gasteiger partial charge in [0, 0.05) is 10.7 Å². The molecule has 1 saturated carbocycles. The molecule has 0 unspecified atom stereocenters. The Kier molecular flexibility index (Phi) is 2.84. The molecule has 0 atom stereocenters. The van der Waals surface area contributed by atoms with Gasteiger partial charge in [0.25, 0.3) is 0 Å². The lowest BCUT2D eigenvalue weighted by Crippen LogP contribution is -2.48. The zero-order valence-corrected chi connectivity index (χ0v) is 9.92. The van der Waals surface area contributed by atoms with Crippen LogP contribution >= 0.6 is 15.9 Å². The zero-order chi connectivity index (χ0) is 10.9. The van der Waals surface area contributed by atoms with Gasteiger partial charge in [-0.2, -0.15) is 0 Å². The Morgan fingerprint density at radius 3 is 2.80 bits per heavy atom. The van der Waals surface area contributed by atoms with Gasteiger partial charge in [-0.05, 0) is 41.3 Å². The van der Waals surface area contributed by atoms with E-state index in [4.69, 9.17) is 5.73 Å². The van der Waals surface area contributed by atoms with E-state index in [9.17, 15) is 5.11 Å². The first kappa shape index (κ1) is 10.7. The van der Waals surface area contributed by atoms with Crippen molar-refractivity contribution in [2.75, 3.05) is 17.7 Å². The molecule has 0 aliphatic heterocycles. The fraction of sp³-hybridized carbons (Fsp3) is 0.500. The van der Waals surface area contributed by atoms with Gasteiger partial charge in [-0.3, -0.25) is 0 Å². The molecule has 4 N–H and O–H groups in total. The van der Waals surface area contributed by atoms with Crippen molar-refractivity contribution >= 4 is 27.4 Å². The highest BCUT2D eigenvalue weighted by molar-refractivity contribution is 9.10. The van der Waals surface area contributed by atoms with E-state index in [-0.39, 0.29) is 12.1 Å². The number of rotatable bonds is 3. The van der Waals surface area contributed by atoms with E-state index in [1.165, 1.54) is 0 Å². The summed E-state index contributed by atoms with van der Waals surface area (Å²) in [6.07, 6.45) is 4.79. The van der Waals surface area contributed by atoms with Crippen molar-refractivity contribution in [1.29, 1.82) is 0 Å². The molecule has 0 amide bonds. The number of pyridine rings is 1. The Morgan fingerprint density at radius 1 is 1.60 bits per heavy atom. The molecule has 0 spiro atoms. The molecule has 0 bridgehead atoms. The van der Waals surface area contributed by atoms with Gasteiger partial charge in [0.05, 0.1) is 17.8 Å². The van der Waals surface area contributed by atoms with E-state index in [0.717, 1.165) is 23.7 Å². The Balaban J connectivity index is 2.16. The highest BCUT2D eigenvalue weighted by Gasteiger charge is 2.36. The van der Waals surface area contributed by atoms with Crippen LogP contribution < -0.4 is 11.1 Å². The molecule has 1 aromatic heterocycles. The minimum absolute atomic E-state index is 0.129. The normalized spacial score (nSPS) is 18.3. The van der Waals surface area contributed by atoms with Crippen molar-refractivity contribution in [2.24, 2.45) is 0 Å². The van der Waals surface area contributed by atoms with Crippen LogP contribution in [0.15, 0.2) is 16.7 Å². The molecule has 1 fully saturated rings. The summed E-state index contributed by atoms with van der Waals surface area (Å²) in [5.74, 6) is 0.659. The summed E-state index contributed by atoms with van der Waals surface area (Å²) in [6, 6.07) is 1.80. The topological polar surface area (TPSA) is 71.2 Å².